The summed E-state index contributed by atoms with van der Waals surface area (Å²) in [5.74, 6) is -5.74. The molecule has 0 N–H and O–H groups in total. The number of rotatable bonds is 4. The van der Waals surface area contributed by atoms with Crippen molar-refractivity contribution in [2.75, 3.05) is 39.4 Å². The minimum absolute atomic E-state index is 0.0349. The van der Waals surface area contributed by atoms with E-state index in [4.69, 9.17) is 4.74 Å². The van der Waals surface area contributed by atoms with Crippen LogP contribution in [0.15, 0.2) is 41.3 Å². The number of carbonyl (C=O) groups excluding carboxylic acids is 1. The maximum absolute atomic E-state index is 14.1. The summed E-state index contributed by atoms with van der Waals surface area (Å²) in [7, 11) is -4.43. The molecule has 0 unspecified atom stereocenters. The van der Waals surface area contributed by atoms with Crippen molar-refractivity contribution < 1.29 is 35.5 Å². The molecular formula is C22H22F4N2O4S. The first kappa shape index (κ1) is 23.7. The van der Waals surface area contributed by atoms with E-state index in [2.05, 4.69) is 0 Å². The first-order chi connectivity index (χ1) is 15.7. The molecule has 2 saturated heterocycles. The third-order valence-electron chi connectivity index (χ3n) is 6.30. The monoisotopic (exact) mass is 486 g/mol. The van der Waals surface area contributed by atoms with E-state index in [1.54, 1.807) is 12.1 Å². The van der Waals surface area contributed by atoms with Crippen molar-refractivity contribution in [2.24, 2.45) is 0 Å². The molecule has 0 bridgehead atoms. The van der Waals surface area contributed by atoms with Crippen LogP contribution in [0.4, 0.5) is 17.6 Å². The van der Waals surface area contributed by atoms with Crippen molar-refractivity contribution in [3.8, 4) is 0 Å². The average Bonchev–Trinajstić information content (AvgIpc) is 2.83. The zero-order valence-corrected chi connectivity index (χ0v) is 18.4. The molecule has 0 radical (unpaired) electrons. The summed E-state index contributed by atoms with van der Waals surface area (Å²) in [5, 5.41) is 0. The highest BCUT2D eigenvalue weighted by Gasteiger charge is 2.45. The number of piperazine rings is 1. The minimum atomic E-state index is -4.43. The lowest BCUT2D eigenvalue weighted by Crippen LogP contribution is -2.56. The molecule has 2 fully saturated rings. The predicted molar refractivity (Wildman–Crippen MR) is 110 cm³/mol. The van der Waals surface area contributed by atoms with Gasteiger partial charge in [0.1, 0.15) is 10.7 Å². The van der Waals surface area contributed by atoms with Gasteiger partial charge in [-0.1, -0.05) is 12.1 Å². The molecule has 0 spiro atoms. The van der Waals surface area contributed by atoms with E-state index < -0.39 is 43.6 Å². The van der Waals surface area contributed by atoms with E-state index in [-0.39, 0.29) is 32.1 Å². The topological polar surface area (TPSA) is 66.9 Å². The predicted octanol–water partition coefficient (Wildman–Crippen LogP) is 2.82. The summed E-state index contributed by atoms with van der Waals surface area (Å²) < 4.78 is 86.3. The summed E-state index contributed by atoms with van der Waals surface area (Å²) in [6.45, 7) is 0.505. The summed E-state index contributed by atoms with van der Waals surface area (Å²) in [4.78, 5) is 14.2. The van der Waals surface area contributed by atoms with Crippen molar-refractivity contribution in [1.29, 1.82) is 0 Å². The Kier molecular flexibility index (Phi) is 6.47. The van der Waals surface area contributed by atoms with Gasteiger partial charge in [0.05, 0.1) is 5.41 Å². The molecule has 11 heteroatoms. The van der Waals surface area contributed by atoms with Gasteiger partial charge < -0.3 is 9.64 Å². The molecule has 0 atom stereocenters. The van der Waals surface area contributed by atoms with Gasteiger partial charge in [0.15, 0.2) is 17.5 Å². The number of hydrogen-bond donors (Lipinski definition) is 0. The maximum Gasteiger partial charge on any atom is 0.246 e. The van der Waals surface area contributed by atoms with Crippen LogP contribution >= 0.6 is 0 Å². The Balaban J connectivity index is 1.53. The van der Waals surface area contributed by atoms with Crippen LogP contribution in [-0.4, -0.2) is 62.9 Å². The van der Waals surface area contributed by atoms with Crippen LogP contribution in [0.1, 0.15) is 18.4 Å². The number of nitrogens with zero attached hydrogens (tertiary/aromatic N) is 2. The second kappa shape index (κ2) is 9.03. The number of amides is 1. The van der Waals surface area contributed by atoms with Crippen LogP contribution in [0.5, 0.6) is 0 Å². The van der Waals surface area contributed by atoms with Crippen molar-refractivity contribution in [2.45, 2.75) is 23.2 Å². The van der Waals surface area contributed by atoms with Gasteiger partial charge >= 0.3 is 0 Å². The van der Waals surface area contributed by atoms with Gasteiger partial charge in [0.25, 0.3) is 0 Å². The Morgan fingerprint density at radius 1 is 0.848 bits per heavy atom. The zero-order chi connectivity index (χ0) is 23.8. The van der Waals surface area contributed by atoms with Gasteiger partial charge in [-0.3, -0.25) is 4.79 Å². The Hall–Kier alpha value is -2.50. The van der Waals surface area contributed by atoms with Crippen molar-refractivity contribution >= 4 is 15.9 Å². The van der Waals surface area contributed by atoms with Gasteiger partial charge in [0.2, 0.25) is 15.9 Å². The molecule has 178 valence electrons. The molecule has 0 aliphatic carbocycles. The largest absolute Gasteiger partial charge is 0.381 e. The highest BCUT2D eigenvalue weighted by atomic mass is 32.2. The van der Waals surface area contributed by atoms with E-state index in [9.17, 15) is 30.8 Å². The Bertz CT molecular complexity index is 1140. The van der Waals surface area contributed by atoms with Crippen LogP contribution < -0.4 is 0 Å². The first-order valence-corrected chi connectivity index (χ1v) is 11.9. The van der Waals surface area contributed by atoms with Gasteiger partial charge in [-0.15, -0.1) is 0 Å². The Morgan fingerprint density at radius 2 is 1.45 bits per heavy atom. The lowest BCUT2D eigenvalue weighted by atomic mass is 9.73. The molecule has 6 nitrogen and oxygen atoms in total. The Morgan fingerprint density at radius 3 is 2.06 bits per heavy atom. The summed E-state index contributed by atoms with van der Waals surface area (Å²) in [6.07, 6.45) is 0.798. The average molecular weight is 486 g/mol. The van der Waals surface area contributed by atoms with Gasteiger partial charge in [0, 0.05) is 39.4 Å². The molecule has 1 amide bonds. The number of hydrogen-bond acceptors (Lipinski definition) is 4. The second-order valence-electron chi connectivity index (χ2n) is 8.07. The SMILES string of the molecule is O=C(N1CCN(S(=O)(=O)c2ccc(F)c(F)c2F)CC1)C1(c2ccc(F)cc2)CCOCC1. The van der Waals surface area contributed by atoms with E-state index in [0.29, 0.717) is 43.8 Å². The maximum atomic E-state index is 14.1. The standard InChI is InChI=1S/C22H22F4N2O4S/c23-16-3-1-15(2-4-16)22(7-13-32-14-8-22)21(29)27-9-11-28(12-10-27)33(30,31)18-6-5-17(24)19(25)20(18)26/h1-6H,7-14H2. The van der Waals surface area contributed by atoms with E-state index in [0.717, 1.165) is 4.31 Å². The number of halogens is 4. The van der Waals surface area contributed by atoms with Gasteiger partial charge in [-0.05, 0) is 42.7 Å². The van der Waals surface area contributed by atoms with E-state index >= 15 is 0 Å². The molecule has 33 heavy (non-hydrogen) atoms. The number of carbonyl (C=O) groups is 1. The smallest absolute Gasteiger partial charge is 0.246 e. The van der Waals surface area contributed by atoms with E-state index in [1.165, 1.54) is 17.0 Å². The summed E-state index contributed by atoms with van der Waals surface area (Å²) in [5.41, 5.74) is -0.254. The molecule has 2 aromatic rings. The van der Waals surface area contributed by atoms with E-state index in [1.807, 2.05) is 0 Å². The minimum Gasteiger partial charge on any atom is -0.381 e. The number of ether oxygens (including phenoxy) is 1. The zero-order valence-electron chi connectivity index (χ0n) is 17.6. The Labute approximate surface area is 188 Å². The molecule has 2 aromatic carbocycles. The molecule has 4 rings (SSSR count). The van der Waals surface area contributed by atoms with Crippen LogP contribution in [0.3, 0.4) is 0 Å². The number of sulfonamides is 1. The fourth-order valence-electron chi connectivity index (χ4n) is 4.40. The number of benzene rings is 2. The molecule has 2 heterocycles. The second-order valence-corrected chi connectivity index (χ2v) is 9.98. The highest BCUT2D eigenvalue weighted by Crippen LogP contribution is 2.37. The fourth-order valence-corrected chi connectivity index (χ4v) is 5.87. The normalized spacial score (nSPS) is 19.5. The van der Waals surface area contributed by atoms with Crippen molar-refractivity contribution in [3.05, 3.63) is 65.2 Å². The molecule has 0 saturated carbocycles. The third-order valence-corrected chi connectivity index (χ3v) is 8.21. The lowest BCUT2D eigenvalue weighted by molar-refractivity contribution is -0.142. The van der Waals surface area contributed by atoms with Crippen molar-refractivity contribution in [1.82, 2.24) is 9.21 Å². The fraction of sp³-hybridized carbons (Fsp3) is 0.409. The molecular weight excluding hydrogens is 464 g/mol. The quantitative estimate of drug-likeness (QED) is 0.493. The molecule has 2 aliphatic rings. The van der Waals surface area contributed by atoms with Gasteiger partial charge in [-0.25, -0.2) is 26.0 Å². The first-order valence-electron chi connectivity index (χ1n) is 10.4. The van der Waals surface area contributed by atoms with Crippen LogP contribution in [0, 0.1) is 23.3 Å². The van der Waals surface area contributed by atoms with Crippen LogP contribution in [0.2, 0.25) is 0 Å². The molecule has 2 aliphatic heterocycles. The summed E-state index contributed by atoms with van der Waals surface area (Å²) >= 11 is 0. The lowest BCUT2D eigenvalue weighted by Gasteiger charge is -2.42. The van der Waals surface area contributed by atoms with Gasteiger partial charge in [-0.2, -0.15) is 4.31 Å². The summed E-state index contributed by atoms with van der Waals surface area (Å²) in [6, 6.07) is 6.98. The molecule has 0 aromatic heterocycles. The third kappa shape index (κ3) is 4.24. The van der Waals surface area contributed by atoms with Crippen LogP contribution in [0.25, 0.3) is 0 Å². The van der Waals surface area contributed by atoms with Crippen LogP contribution in [-0.2, 0) is 25.0 Å². The van der Waals surface area contributed by atoms with Crippen molar-refractivity contribution in [3.63, 3.8) is 0 Å². The highest BCUT2D eigenvalue weighted by molar-refractivity contribution is 7.89.